The second kappa shape index (κ2) is 7.59. The van der Waals surface area contributed by atoms with E-state index in [1.165, 1.54) is 7.11 Å². The van der Waals surface area contributed by atoms with E-state index in [-0.39, 0.29) is 5.92 Å². The predicted octanol–water partition coefficient (Wildman–Crippen LogP) is 2.44. The number of hydrogen-bond donors (Lipinski definition) is 2. The van der Waals surface area contributed by atoms with Crippen molar-refractivity contribution >= 4 is 12.2 Å². The minimum absolute atomic E-state index is 0.0302. The average Bonchev–Trinajstić information content (AvgIpc) is 2.43. The Morgan fingerprint density at radius 1 is 1.32 bits per heavy atom. The smallest absolute Gasteiger partial charge is 0.407 e. The summed E-state index contributed by atoms with van der Waals surface area (Å²) in [6.07, 6.45) is 2.42. The Hall–Kier alpha value is -1.81. The molecule has 1 aromatic carbocycles. The SMILES string of the molecule is COC(=O)N[C@H](/C=C/c1ccccc1)[C@@H](O)C(C)C. The van der Waals surface area contributed by atoms with Gasteiger partial charge in [-0.2, -0.15) is 0 Å². The molecule has 0 bridgehead atoms. The lowest BCUT2D eigenvalue weighted by atomic mass is 9.99. The fraction of sp³-hybridized carbons (Fsp3) is 0.400. The van der Waals surface area contributed by atoms with E-state index in [1.54, 1.807) is 6.08 Å². The Kier molecular flexibility index (Phi) is 6.09. The maximum atomic E-state index is 11.3. The van der Waals surface area contributed by atoms with Crippen LogP contribution in [-0.2, 0) is 4.74 Å². The topological polar surface area (TPSA) is 58.6 Å². The molecule has 0 aromatic heterocycles. The van der Waals surface area contributed by atoms with Crippen molar-refractivity contribution in [3.63, 3.8) is 0 Å². The first-order valence-corrected chi connectivity index (χ1v) is 6.30. The van der Waals surface area contributed by atoms with E-state index in [4.69, 9.17) is 0 Å². The summed E-state index contributed by atoms with van der Waals surface area (Å²) in [7, 11) is 1.30. The number of benzene rings is 1. The van der Waals surface area contributed by atoms with Crippen LogP contribution >= 0.6 is 0 Å². The molecule has 0 aliphatic carbocycles. The Labute approximate surface area is 114 Å². The molecule has 0 heterocycles. The van der Waals surface area contributed by atoms with Gasteiger partial charge in [0.25, 0.3) is 0 Å². The third-order valence-corrected chi connectivity index (χ3v) is 2.82. The minimum Gasteiger partial charge on any atom is -0.453 e. The van der Waals surface area contributed by atoms with Crippen LogP contribution in [0.3, 0.4) is 0 Å². The summed E-state index contributed by atoms with van der Waals surface area (Å²) >= 11 is 0. The second-order valence-electron chi connectivity index (χ2n) is 4.67. The highest BCUT2D eigenvalue weighted by molar-refractivity contribution is 5.68. The van der Waals surface area contributed by atoms with E-state index < -0.39 is 18.2 Å². The van der Waals surface area contributed by atoms with E-state index >= 15 is 0 Å². The van der Waals surface area contributed by atoms with Gasteiger partial charge in [-0.25, -0.2) is 4.79 Å². The quantitative estimate of drug-likeness (QED) is 0.858. The number of carbonyl (C=O) groups is 1. The molecule has 19 heavy (non-hydrogen) atoms. The van der Waals surface area contributed by atoms with Crippen molar-refractivity contribution in [2.45, 2.75) is 26.0 Å². The number of ether oxygens (including phenoxy) is 1. The lowest BCUT2D eigenvalue weighted by Crippen LogP contribution is -2.44. The van der Waals surface area contributed by atoms with Gasteiger partial charge in [-0.1, -0.05) is 56.3 Å². The summed E-state index contributed by atoms with van der Waals surface area (Å²) in [5.41, 5.74) is 1.01. The Morgan fingerprint density at radius 3 is 2.47 bits per heavy atom. The standard InChI is InChI=1S/C15H21NO3/c1-11(2)14(17)13(16-15(18)19-3)10-9-12-7-5-4-6-8-12/h4-11,13-14,17H,1-3H3,(H,16,18)/b10-9+/t13-,14+/m1/s1. The predicted molar refractivity (Wildman–Crippen MR) is 75.6 cm³/mol. The van der Waals surface area contributed by atoms with Crippen LogP contribution in [0, 0.1) is 5.92 Å². The van der Waals surface area contributed by atoms with Gasteiger partial charge >= 0.3 is 6.09 Å². The molecule has 0 unspecified atom stereocenters. The molecule has 4 nitrogen and oxygen atoms in total. The summed E-state index contributed by atoms with van der Waals surface area (Å²) in [6, 6.07) is 9.22. The van der Waals surface area contributed by atoms with E-state index in [9.17, 15) is 9.90 Å². The van der Waals surface area contributed by atoms with Crippen molar-refractivity contribution < 1.29 is 14.6 Å². The number of methoxy groups -OCH3 is 1. The summed E-state index contributed by atoms with van der Waals surface area (Å²) in [6.45, 7) is 3.79. The maximum Gasteiger partial charge on any atom is 0.407 e. The van der Waals surface area contributed by atoms with Crippen LogP contribution in [0.15, 0.2) is 36.4 Å². The third-order valence-electron chi connectivity index (χ3n) is 2.82. The fourth-order valence-corrected chi connectivity index (χ4v) is 1.64. The molecular weight excluding hydrogens is 242 g/mol. The van der Waals surface area contributed by atoms with Crippen molar-refractivity contribution in [3.05, 3.63) is 42.0 Å². The highest BCUT2D eigenvalue weighted by Crippen LogP contribution is 2.10. The van der Waals surface area contributed by atoms with E-state index in [1.807, 2.05) is 50.3 Å². The van der Waals surface area contributed by atoms with Crippen LogP contribution in [-0.4, -0.2) is 30.5 Å². The van der Waals surface area contributed by atoms with Gasteiger partial charge in [0, 0.05) is 0 Å². The molecule has 2 atom stereocenters. The lowest BCUT2D eigenvalue weighted by molar-refractivity contribution is 0.0937. The molecule has 4 heteroatoms. The van der Waals surface area contributed by atoms with Crippen LogP contribution in [0.5, 0.6) is 0 Å². The zero-order chi connectivity index (χ0) is 14.3. The van der Waals surface area contributed by atoms with Gasteiger partial charge in [-0.3, -0.25) is 0 Å². The number of hydrogen-bond acceptors (Lipinski definition) is 3. The summed E-state index contributed by atoms with van der Waals surface area (Å²) in [4.78, 5) is 11.3. The molecule has 1 rings (SSSR count). The molecule has 0 aliphatic rings. The zero-order valence-electron chi connectivity index (χ0n) is 11.5. The van der Waals surface area contributed by atoms with Crippen molar-refractivity contribution in [2.24, 2.45) is 5.92 Å². The molecule has 0 spiro atoms. The first kappa shape index (κ1) is 15.2. The Morgan fingerprint density at radius 2 is 1.95 bits per heavy atom. The van der Waals surface area contributed by atoms with Crippen LogP contribution in [0.4, 0.5) is 4.79 Å². The van der Waals surface area contributed by atoms with Gasteiger partial charge in [0.2, 0.25) is 0 Å². The largest absolute Gasteiger partial charge is 0.453 e. The summed E-state index contributed by atoms with van der Waals surface area (Å²) in [5.74, 6) is 0.0302. The van der Waals surface area contributed by atoms with E-state index in [2.05, 4.69) is 10.1 Å². The second-order valence-corrected chi connectivity index (χ2v) is 4.67. The van der Waals surface area contributed by atoms with Gasteiger partial charge in [0.1, 0.15) is 0 Å². The number of alkyl carbamates (subject to hydrolysis) is 1. The van der Waals surface area contributed by atoms with Crippen molar-refractivity contribution in [3.8, 4) is 0 Å². The highest BCUT2D eigenvalue weighted by atomic mass is 16.5. The van der Waals surface area contributed by atoms with Crippen LogP contribution in [0.2, 0.25) is 0 Å². The fourth-order valence-electron chi connectivity index (χ4n) is 1.64. The number of carbonyl (C=O) groups excluding carboxylic acids is 1. The normalized spacial score (nSPS) is 14.4. The molecule has 0 aliphatic heterocycles. The van der Waals surface area contributed by atoms with Gasteiger partial charge in [0.15, 0.2) is 0 Å². The number of rotatable bonds is 5. The molecule has 0 saturated heterocycles. The molecule has 0 saturated carbocycles. The highest BCUT2D eigenvalue weighted by Gasteiger charge is 2.21. The molecule has 0 radical (unpaired) electrons. The van der Waals surface area contributed by atoms with Crippen molar-refractivity contribution in [1.82, 2.24) is 5.32 Å². The maximum absolute atomic E-state index is 11.3. The molecule has 1 amide bonds. The monoisotopic (exact) mass is 263 g/mol. The first-order valence-electron chi connectivity index (χ1n) is 6.30. The number of amides is 1. The van der Waals surface area contributed by atoms with Gasteiger partial charge < -0.3 is 15.2 Å². The van der Waals surface area contributed by atoms with Crippen molar-refractivity contribution in [2.75, 3.05) is 7.11 Å². The number of aliphatic hydroxyl groups excluding tert-OH is 1. The zero-order valence-corrected chi connectivity index (χ0v) is 11.5. The van der Waals surface area contributed by atoms with Gasteiger partial charge in [-0.05, 0) is 11.5 Å². The summed E-state index contributed by atoms with van der Waals surface area (Å²) < 4.78 is 4.57. The molecular formula is C15H21NO3. The third kappa shape index (κ3) is 5.14. The average molecular weight is 263 g/mol. The minimum atomic E-state index is -0.668. The van der Waals surface area contributed by atoms with Gasteiger partial charge in [-0.15, -0.1) is 0 Å². The lowest BCUT2D eigenvalue weighted by Gasteiger charge is -2.23. The Balaban J connectivity index is 2.79. The van der Waals surface area contributed by atoms with Gasteiger partial charge in [0.05, 0.1) is 19.3 Å². The number of aliphatic hydroxyl groups is 1. The van der Waals surface area contributed by atoms with E-state index in [0.29, 0.717) is 0 Å². The summed E-state index contributed by atoms with van der Waals surface area (Å²) in [5, 5.41) is 12.7. The first-order chi connectivity index (χ1) is 9.04. The molecule has 1 aromatic rings. The van der Waals surface area contributed by atoms with Crippen LogP contribution in [0.1, 0.15) is 19.4 Å². The van der Waals surface area contributed by atoms with Crippen molar-refractivity contribution in [1.29, 1.82) is 0 Å². The number of nitrogens with one attached hydrogen (secondary N) is 1. The molecule has 104 valence electrons. The van der Waals surface area contributed by atoms with E-state index in [0.717, 1.165) is 5.56 Å². The molecule has 2 N–H and O–H groups in total. The van der Waals surface area contributed by atoms with Crippen LogP contribution in [0.25, 0.3) is 6.08 Å². The van der Waals surface area contributed by atoms with Crippen LogP contribution < -0.4 is 5.32 Å². The molecule has 0 fully saturated rings. The Bertz CT molecular complexity index is 415.